The highest BCUT2D eigenvalue weighted by Gasteiger charge is 2.26. The molecule has 0 aromatic heterocycles. The van der Waals surface area contributed by atoms with Gasteiger partial charge in [0, 0.05) is 24.7 Å². The van der Waals surface area contributed by atoms with E-state index in [1.807, 2.05) is 13.8 Å². The third-order valence-corrected chi connectivity index (χ3v) is 3.95. The van der Waals surface area contributed by atoms with E-state index in [0.29, 0.717) is 30.2 Å². The van der Waals surface area contributed by atoms with Crippen LogP contribution < -0.4 is 9.47 Å². The maximum atomic E-state index is 12.2. The van der Waals surface area contributed by atoms with E-state index in [4.69, 9.17) is 18.9 Å². The highest BCUT2D eigenvalue weighted by Crippen LogP contribution is 2.25. The Bertz CT molecular complexity index is 662. The van der Waals surface area contributed by atoms with Crippen molar-refractivity contribution in [3.05, 3.63) is 29.8 Å². The summed E-state index contributed by atoms with van der Waals surface area (Å²) in [6.07, 6.45) is 2.76. The molecule has 0 saturated carbocycles. The molecule has 142 valence electrons. The summed E-state index contributed by atoms with van der Waals surface area (Å²) < 4.78 is 21.0. The molecule has 1 fully saturated rings. The number of methoxy groups -OCH3 is 2. The van der Waals surface area contributed by atoms with E-state index in [0.717, 1.165) is 0 Å². The zero-order chi connectivity index (χ0) is 19.1. The Labute approximate surface area is 153 Å². The van der Waals surface area contributed by atoms with Gasteiger partial charge in [-0.25, -0.2) is 4.79 Å². The molecule has 0 N–H and O–H groups in total. The van der Waals surface area contributed by atoms with Gasteiger partial charge in [-0.05, 0) is 38.1 Å². The summed E-state index contributed by atoms with van der Waals surface area (Å²) in [4.78, 5) is 25.7. The quantitative estimate of drug-likeness (QED) is 0.568. The number of hydrogen-bond donors (Lipinski definition) is 0. The fourth-order valence-corrected chi connectivity index (χ4v) is 2.78. The topological polar surface area (TPSA) is 74.3 Å². The summed E-state index contributed by atoms with van der Waals surface area (Å²) in [6.45, 7) is 4.52. The molecule has 0 bridgehead atoms. The fraction of sp³-hybridized carbons (Fsp3) is 0.474. The second-order valence-corrected chi connectivity index (χ2v) is 6.10. The predicted molar refractivity (Wildman–Crippen MR) is 96.1 cm³/mol. The number of carbonyl (C=O) groups excluding carboxylic acids is 2. The average molecular weight is 363 g/mol. The van der Waals surface area contributed by atoms with Gasteiger partial charge in [0.2, 0.25) is 0 Å². The van der Waals surface area contributed by atoms with E-state index >= 15 is 0 Å². The molecule has 0 radical (unpaired) electrons. The third-order valence-electron chi connectivity index (χ3n) is 3.95. The van der Waals surface area contributed by atoms with Crippen LogP contribution >= 0.6 is 0 Å². The second kappa shape index (κ2) is 9.24. The number of ether oxygens (including phenoxy) is 4. The molecule has 1 amide bonds. The Hall–Kier alpha value is -2.54. The van der Waals surface area contributed by atoms with Gasteiger partial charge in [-0.15, -0.1) is 0 Å². The van der Waals surface area contributed by atoms with E-state index in [2.05, 4.69) is 0 Å². The van der Waals surface area contributed by atoms with Crippen molar-refractivity contribution in [1.29, 1.82) is 0 Å². The van der Waals surface area contributed by atoms with Crippen molar-refractivity contribution in [3.63, 3.8) is 0 Å². The summed E-state index contributed by atoms with van der Waals surface area (Å²) >= 11 is 0. The second-order valence-electron chi connectivity index (χ2n) is 6.10. The molecule has 1 saturated heterocycles. The van der Waals surface area contributed by atoms with Gasteiger partial charge in [-0.3, -0.25) is 4.79 Å². The van der Waals surface area contributed by atoms with Crippen LogP contribution in [0.25, 0.3) is 6.08 Å². The molecule has 2 atom stereocenters. The molecule has 0 aliphatic carbocycles. The van der Waals surface area contributed by atoms with Gasteiger partial charge < -0.3 is 23.8 Å². The first kappa shape index (κ1) is 19.8. The van der Waals surface area contributed by atoms with Gasteiger partial charge >= 0.3 is 5.97 Å². The van der Waals surface area contributed by atoms with Crippen LogP contribution in [-0.2, 0) is 19.1 Å². The molecule has 2 rings (SSSR count). The summed E-state index contributed by atoms with van der Waals surface area (Å²) in [7, 11) is 3.10. The van der Waals surface area contributed by atoms with Crippen molar-refractivity contribution >= 4 is 18.0 Å². The number of hydrogen-bond acceptors (Lipinski definition) is 6. The molecule has 7 heteroatoms. The lowest BCUT2D eigenvalue weighted by Gasteiger charge is -2.35. The van der Waals surface area contributed by atoms with E-state index in [1.165, 1.54) is 6.08 Å². The van der Waals surface area contributed by atoms with Crippen molar-refractivity contribution in [1.82, 2.24) is 4.90 Å². The van der Waals surface area contributed by atoms with Crippen LogP contribution in [-0.4, -0.2) is 62.9 Å². The van der Waals surface area contributed by atoms with Crippen LogP contribution in [0, 0.1) is 0 Å². The number of nitrogens with zero attached hydrogens (tertiary/aromatic N) is 1. The van der Waals surface area contributed by atoms with Crippen molar-refractivity contribution in [2.24, 2.45) is 0 Å². The third kappa shape index (κ3) is 5.49. The number of morpholine rings is 1. The maximum Gasteiger partial charge on any atom is 0.331 e. The van der Waals surface area contributed by atoms with Gasteiger partial charge in [0.1, 0.15) is 11.5 Å². The molecular formula is C19H25NO6. The van der Waals surface area contributed by atoms with Crippen LogP contribution in [0.1, 0.15) is 19.4 Å². The zero-order valence-corrected chi connectivity index (χ0v) is 15.6. The Balaban J connectivity index is 1.90. The minimum absolute atomic E-state index is 0.0289. The van der Waals surface area contributed by atoms with Gasteiger partial charge in [0.25, 0.3) is 5.91 Å². The molecule has 1 aliphatic heterocycles. The van der Waals surface area contributed by atoms with Gasteiger partial charge in [-0.1, -0.05) is 0 Å². The predicted octanol–water partition coefficient (Wildman–Crippen LogP) is 1.90. The van der Waals surface area contributed by atoms with Crippen LogP contribution in [0.5, 0.6) is 11.5 Å². The zero-order valence-electron chi connectivity index (χ0n) is 15.6. The fourth-order valence-electron chi connectivity index (χ4n) is 2.78. The number of rotatable bonds is 6. The minimum Gasteiger partial charge on any atom is -0.497 e. The van der Waals surface area contributed by atoms with Gasteiger partial charge in [-0.2, -0.15) is 0 Å². The lowest BCUT2D eigenvalue weighted by molar-refractivity contribution is -0.154. The highest BCUT2D eigenvalue weighted by molar-refractivity contribution is 5.89. The smallest absolute Gasteiger partial charge is 0.331 e. The highest BCUT2D eigenvalue weighted by atomic mass is 16.5. The largest absolute Gasteiger partial charge is 0.497 e. The number of benzene rings is 1. The lowest BCUT2D eigenvalue weighted by atomic mass is 10.1. The Morgan fingerprint density at radius 2 is 1.88 bits per heavy atom. The van der Waals surface area contributed by atoms with Crippen molar-refractivity contribution < 1.29 is 28.5 Å². The molecule has 1 aromatic rings. The van der Waals surface area contributed by atoms with Crippen molar-refractivity contribution in [3.8, 4) is 11.5 Å². The summed E-state index contributed by atoms with van der Waals surface area (Å²) in [6, 6.07) is 5.25. The number of esters is 1. The number of carbonyl (C=O) groups is 2. The van der Waals surface area contributed by atoms with Crippen LogP contribution in [0.2, 0.25) is 0 Å². The Kier molecular flexibility index (Phi) is 7.03. The first-order chi connectivity index (χ1) is 12.4. The van der Waals surface area contributed by atoms with Gasteiger partial charge in [0.05, 0.1) is 26.4 Å². The molecule has 7 nitrogen and oxygen atoms in total. The van der Waals surface area contributed by atoms with E-state index < -0.39 is 5.97 Å². The number of amides is 1. The summed E-state index contributed by atoms with van der Waals surface area (Å²) in [5.41, 5.74) is 0.672. The normalized spacial score (nSPS) is 20.1. The standard InChI is InChI=1S/C19H25NO6/c1-13-10-20(11-14(2)26-13)18(21)12-25-19(22)8-5-15-9-16(23-3)6-7-17(15)24-4/h5-9,13-14H,10-12H2,1-4H3/b8-5+/t13-,14-/m0/s1. The lowest BCUT2D eigenvalue weighted by Crippen LogP contribution is -2.49. The van der Waals surface area contributed by atoms with E-state index in [9.17, 15) is 9.59 Å². The first-order valence-corrected chi connectivity index (χ1v) is 8.43. The Morgan fingerprint density at radius 1 is 1.19 bits per heavy atom. The van der Waals surface area contributed by atoms with Crippen LogP contribution in [0.3, 0.4) is 0 Å². The minimum atomic E-state index is -0.599. The van der Waals surface area contributed by atoms with Crippen LogP contribution in [0.4, 0.5) is 0 Å². The van der Waals surface area contributed by atoms with Crippen molar-refractivity contribution in [2.45, 2.75) is 26.1 Å². The van der Waals surface area contributed by atoms with E-state index in [-0.39, 0.29) is 24.7 Å². The molecule has 1 aliphatic rings. The molecule has 26 heavy (non-hydrogen) atoms. The molecule has 0 unspecified atom stereocenters. The Morgan fingerprint density at radius 3 is 2.50 bits per heavy atom. The van der Waals surface area contributed by atoms with E-state index in [1.54, 1.807) is 43.4 Å². The molecule has 1 heterocycles. The molecule has 0 spiro atoms. The first-order valence-electron chi connectivity index (χ1n) is 8.43. The van der Waals surface area contributed by atoms with Crippen LogP contribution in [0.15, 0.2) is 24.3 Å². The summed E-state index contributed by atoms with van der Waals surface area (Å²) in [5.74, 6) is 0.414. The van der Waals surface area contributed by atoms with Gasteiger partial charge in [0.15, 0.2) is 6.61 Å². The average Bonchev–Trinajstić information content (AvgIpc) is 2.63. The summed E-state index contributed by atoms with van der Waals surface area (Å²) in [5, 5.41) is 0. The maximum absolute atomic E-state index is 12.2. The monoisotopic (exact) mass is 363 g/mol. The molecule has 1 aromatic carbocycles. The van der Waals surface area contributed by atoms with Crippen molar-refractivity contribution in [2.75, 3.05) is 33.9 Å². The SMILES string of the molecule is COc1ccc(OC)c(/C=C/C(=O)OCC(=O)N2C[C@H](C)O[C@@H](C)C2)c1. The molecular weight excluding hydrogens is 338 g/mol.